The predicted molar refractivity (Wildman–Crippen MR) is 46.5 cm³/mol. The van der Waals surface area contributed by atoms with Crippen LogP contribution in [0, 0.1) is 0 Å². The molecule has 0 aliphatic carbocycles. The molecule has 3 heteroatoms. The first kappa shape index (κ1) is 10.1. The summed E-state index contributed by atoms with van der Waals surface area (Å²) >= 11 is 0. The lowest BCUT2D eigenvalue weighted by atomic mass is 10.5. The number of nitrogens with one attached hydrogen (secondary N) is 1. The Hall–Kier alpha value is 0.137. The molecule has 10 heavy (non-hydrogen) atoms. The Morgan fingerprint density at radius 2 is 2.00 bits per heavy atom. The van der Waals surface area contributed by atoms with E-state index in [1.165, 1.54) is 0 Å². The number of rotatable bonds is 5. The molecule has 2 nitrogen and oxygen atoms in total. The van der Waals surface area contributed by atoms with Gasteiger partial charge in [0.1, 0.15) is 0 Å². The molecular formula is C7H18NOSi. The highest BCUT2D eigenvalue weighted by Crippen LogP contribution is 2.12. The van der Waals surface area contributed by atoms with Gasteiger partial charge in [-0.1, -0.05) is 0 Å². The Balaban J connectivity index is 3.42. The molecule has 0 spiro atoms. The van der Waals surface area contributed by atoms with Crippen molar-refractivity contribution in [1.82, 2.24) is 5.73 Å². The van der Waals surface area contributed by atoms with Crippen LogP contribution < -0.4 is 5.73 Å². The third kappa shape index (κ3) is 4.96. The summed E-state index contributed by atoms with van der Waals surface area (Å²) in [5, 5.41) is 0. The van der Waals surface area contributed by atoms with Crippen molar-refractivity contribution in [3.8, 4) is 0 Å². The van der Waals surface area contributed by atoms with Gasteiger partial charge in [0.25, 0.3) is 0 Å². The zero-order chi connectivity index (χ0) is 8.04. The molecule has 0 aliphatic heterocycles. The van der Waals surface area contributed by atoms with Crippen LogP contribution in [-0.2, 0) is 4.43 Å². The van der Waals surface area contributed by atoms with Crippen LogP contribution in [0.1, 0.15) is 13.3 Å². The van der Waals surface area contributed by atoms with Crippen molar-refractivity contribution >= 4 is 8.32 Å². The maximum atomic E-state index is 6.98. The maximum Gasteiger partial charge on any atom is 0.186 e. The molecule has 0 aromatic heterocycles. The van der Waals surface area contributed by atoms with Crippen molar-refractivity contribution in [2.45, 2.75) is 32.5 Å². The molecule has 0 rings (SSSR count). The lowest BCUT2D eigenvalue weighted by Gasteiger charge is -2.20. The van der Waals surface area contributed by atoms with Crippen LogP contribution in [-0.4, -0.2) is 21.5 Å². The standard InChI is InChI=1S/C7H18NOSi/c1-4-9-10(2,3)7-5-6-8/h8H,4-7H2,1-3H3. The molecule has 0 saturated carbocycles. The van der Waals surface area contributed by atoms with E-state index in [0.717, 1.165) is 19.1 Å². The first-order valence-electron chi connectivity index (χ1n) is 3.91. The molecule has 0 atom stereocenters. The van der Waals surface area contributed by atoms with Gasteiger partial charge in [0.15, 0.2) is 8.32 Å². The summed E-state index contributed by atoms with van der Waals surface area (Å²) in [5.41, 5.74) is 6.98. The highest BCUT2D eigenvalue weighted by molar-refractivity contribution is 6.71. The minimum absolute atomic E-state index is 0.545. The van der Waals surface area contributed by atoms with E-state index >= 15 is 0 Å². The van der Waals surface area contributed by atoms with E-state index in [1.807, 2.05) is 6.92 Å². The molecular weight excluding hydrogens is 142 g/mol. The Labute approximate surface area is 64.9 Å². The van der Waals surface area contributed by atoms with Crippen molar-refractivity contribution in [2.24, 2.45) is 0 Å². The van der Waals surface area contributed by atoms with Crippen LogP contribution in [0.5, 0.6) is 0 Å². The lowest BCUT2D eigenvalue weighted by molar-refractivity contribution is 0.328. The first-order valence-corrected chi connectivity index (χ1v) is 7.02. The van der Waals surface area contributed by atoms with Crippen molar-refractivity contribution in [1.29, 1.82) is 0 Å². The molecule has 1 N–H and O–H groups in total. The largest absolute Gasteiger partial charge is 0.418 e. The quantitative estimate of drug-likeness (QED) is 0.565. The van der Waals surface area contributed by atoms with Crippen LogP contribution in [0.3, 0.4) is 0 Å². The molecule has 0 amide bonds. The highest BCUT2D eigenvalue weighted by atomic mass is 28.4. The fraction of sp³-hybridized carbons (Fsp3) is 1.00. The van der Waals surface area contributed by atoms with Crippen molar-refractivity contribution in [2.75, 3.05) is 13.2 Å². The Morgan fingerprint density at radius 3 is 2.40 bits per heavy atom. The predicted octanol–water partition coefficient (Wildman–Crippen LogP) is 1.90. The summed E-state index contributed by atoms with van der Waals surface area (Å²) in [6.45, 7) is 7.84. The van der Waals surface area contributed by atoms with E-state index in [0.29, 0.717) is 6.54 Å². The molecule has 0 aromatic carbocycles. The molecule has 0 fully saturated rings. The van der Waals surface area contributed by atoms with Gasteiger partial charge in [-0.25, -0.2) is 0 Å². The van der Waals surface area contributed by atoms with Crippen molar-refractivity contribution in [3.05, 3.63) is 0 Å². The smallest absolute Gasteiger partial charge is 0.186 e. The first-order chi connectivity index (χ1) is 4.62. The average Bonchev–Trinajstić information content (AvgIpc) is 1.84. The monoisotopic (exact) mass is 160 g/mol. The van der Waals surface area contributed by atoms with E-state index in [9.17, 15) is 0 Å². The summed E-state index contributed by atoms with van der Waals surface area (Å²) in [6.07, 6.45) is 0.999. The summed E-state index contributed by atoms with van der Waals surface area (Å²) in [6, 6.07) is 1.13. The summed E-state index contributed by atoms with van der Waals surface area (Å²) in [4.78, 5) is 0. The van der Waals surface area contributed by atoms with Gasteiger partial charge in [0, 0.05) is 13.2 Å². The van der Waals surface area contributed by atoms with Crippen LogP contribution in [0.15, 0.2) is 0 Å². The molecule has 0 unspecified atom stereocenters. The van der Waals surface area contributed by atoms with E-state index in [2.05, 4.69) is 13.1 Å². The van der Waals surface area contributed by atoms with Gasteiger partial charge in [-0.05, 0) is 32.5 Å². The topological polar surface area (TPSA) is 33.0 Å². The Kier molecular flexibility index (Phi) is 4.94. The van der Waals surface area contributed by atoms with Gasteiger partial charge in [-0.2, -0.15) is 0 Å². The molecule has 0 heterocycles. The number of hydrogen-bond acceptors (Lipinski definition) is 1. The molecule has 0 saturated heterocycles. The summed E-state index contributed by atoms with van der Waals surface area (Å²) < 4.78 is 5.59. The lowest BCUT2D eigenvalue weighted by Crippen LogP contribution is -2.30. The van der Waals surface area contributed by atoms with E-state index in [4.69, 9.17) is 10.2 Å². The maximum absolute atomic E-state index is 6.98. The highest BCUT2D eigenvalue weighted by Gasteiger charge is 2.19. The third-order valence-electron chi connectivity index (χ3n) is 1.49. The van der Waals surface area contributed by atoms with E-state index in [1.54, 1.807) is 0 Å². The van der Waals surface area contributed by atoms with E-state index < -0.39 is 8.32 Å². The third-order valence-corrected chi connectivity index (χ3v) is 4.12. The van der Waals surface area contributed by atoms with Gasteiger partial charge >= 0.3 is 0 Å². The zero-order valence-electron chi connectivity index (χ0n) is 7.24. The molecule has 0 bridgehead atoms. The van der Waals surface area contributed by atoms with Crippen LogP contribution in [0.25, 0.3) is 0 Å². The second kappa shape index (κ2) is 4.88. The van der Waals surface area contributed by atoms with Gasteiger partial charge in [0.05, 0.1) is 0 Å². The normalized spacial score (nSPS) is 12.0. The van der Waals surface area contributed by atoms with Crippen LogP contribution in [0.4, 0.5) is 0 Å². The minimum atomic E-state index is -1.34. The van der Waals surface area contributed by atoms with Gasteiger partial charge in [-0.15, -0.1) is 0 Å². The van der Waals surface area contributed by atoms with Crippen LogP contribution in [0.2, 0.25) is 19.1 Å². The minimum Gasteiger partial charge on any atom is -0.418 e. The fourth-order valence-electron chi connectivity index (χ4n) is 0.977. The second-order valence-electron chi connectivity index (χ2n) is 3.05. The number of hydrogen-bond donors (Lipinski definition) is 0. The molecule has 61 valence electrons. The zero-order valence-corrected chi connectivity index (χ0v) is 8.24. The Bertz CT molecular complexity index is 85.7. The average molecular weight is 160 g/mol. The van der Waals surface area contributed by atoms with Crippen molar-refractivity contribution < 1.29 is 4.43 Å². The summed E-state index contributed by atoms with van der Waals surface area (Å²) in [5.74, 6) is 0. The van der Waals surface area contributed by atoms with Gasteiger partial charge < -0.3 is 4.43 Å². The van der Waals surface area contributed by atoms with Gasteiger partial charge in [0.2, 0.25) is 0 Å². The molecule has 1 radical (unpaired) electrons. The van der Waals surface area contributed by atoms with Crippen LogP contribution >= 0.6 is 0 Å². The summed E-state index contributed by atoms with van der Waals surface area (Å²) in [7, 11) is -1.34. The second-order valence-corrected chi connectivity index (χ2v) is 7.35. The molecule has 0 aromatic rings. The van der Waals surface area contributed by atoms with E-state index in [-0.39, 0.29) is 0 Å². The van der Waals surface area contributed by atoms with Gasteiger partial charge in [-0.3, -0.25) is 5.73 Å². The fourth-order valence-corrected chi connectivity index (χ4v) is 2.93. The van der Waals surface area contributed by atoms with Crippen molar-refractivity contribution in [3.63, 3.8) is 0 Å². The SMILES string of the molecule is CCO[Si](C)(C)CCC[NH]. The molecule has 0 aliphatic rings. The Morgan fingerprint density at radius 1 is 1.40 bits per heavy atom.